The molecule has 1 aromatic carbocycles. The molecule has 0 fully saturated rings. The van der Waals surface area contributed by atoms with Gasteiger partial charge in [-0.3, -0.25) is 5.10 Å². The van der Waals surface area contributed by atoms with Gasteiger partial charge in [-0.05, 0) is 29.8 Å². The number of rotatable bonds is 2. The summed E-state index contributed by atoms with van der Waals surface area (Å²) in [5.74, 6) is -0.156. The molecule has 8 heteroatoms. The van der Waals surface area contributed by atoms with Gasteiger partial charge in [0.25, 0.3) is 0 Å². The van der Waals surface area contributed by atoms with Crippen molar-refractivity contribution in [2.75, 3.05) is 5.32 Å². The molecule has 0 aliphatic rings. The van der Waals surface area contributed by atoms with Crippen molar-refractivity contribution in [3.8, 4) is 6.07 Å². The maximum absolute atomic E-state index is 13.3. The first-order valence-corrected chi connectivity index (χ1v) is 5.88. The van der Waals surface area contributed by atoms with E-state index in [2.05, 4.69) is 25.5 Å². The number of halogens is 2. The van der Waals surface area contributed by atoms with Crippen molar-refractivity contribution in [2.24, 2.45) is 0 Å². The van der Waals surface area contributed by atoms with Crippen LogP contribution in [0.2, 0.25) is 5.28 Å². The zero-order chi connectivity index (χ0) is 14.1. The number of hydrogen-bond donors (Lipinski definition) is 2. The first-order valence-electron chi connectivity index (χ1n) is 5.50. The van der Waals surface area contributed by atoms with E-state index in [1.807, 2.05) is 0 Å². The Balaban J connectivity index is 2.05. The number of nitrogens with zero attached hydrogens (tertiary/aromatic N) is 4. The third-order valence-corrected chi connectivity index (χ3v) is 2.80. The smallest absolute Gasteiger partial charge is 0.226 e. The quantitative estimate of drug-likeness (QED) is 0.708. The Morgan fingerprint density at radius 2 is 2.20 bits per heavy atom. The van der Waals surface area contributed by atoms with Crippen molar-refractivity contribution < 1.29 is 4.39 Å². The molecule has 20 heavy (non-hydrogen) atoms. The van der Waals surface area contributed by atoms with Crippen LogP contribution in [0.4, 0.5) is 15.9 Å². The van der Waals surface area contributed by atoms with Crippen LogP contribution in [0.3, 0.4) is 0 Å². The lowest BCUT2D eigenvalue weighted by Gasteiger charge is -2.07. The van der Waals surface area contributed by atoms with Gasteiger partial charge in [0.2, 0.25) is 5.28 Å². The molecule has 2 aromatic heterocycles. The van der Waals surface area contributed by atoms with Crippen molar-refractivity contribution in [3.05, 3.63) is 41.1 Å². The molecular formula is C12H6ClFN6. The van der Waals surface area contributed by atoms with Crippen LogP contribution in [-0.4, -0.2) is 20.2 Å². The molecule has 2 heterocycles. The van der Waals surface area contributed by atoms with Gasteiger partial charge in [-0.15, -0.1) is 0 Å². The fourth-order valence-corrected chi connectivity index (χ4v) is 1.90. The normalized spacial score (nSPS) is 10.4. The predicted molar refractivity (Wildman–Crippen MR) is 71.1 cm³/mol. The fraction of sp³-hybridized carbons (Fsp3) is 0. The number of nitrogens with one attached hydrogen (secondary N) is 2. The highest BCUT2D eigenvalue weighted by molar-refractivity contribution is 6.28. The summed E-state index contributed by atoms with van der Waals surface area (Å²) >= 11 is 5.81. The number of H-pyrrole nitrogens is 1. The van der Waals surface area contributed by atoms with E-state index in [1.165, 1.54) is 18.2 Å². The van der Waals surface area contributed by atoms with E-state index in [1.54, 1.807) is 12.3 Å². The lowest BCUT2D eigenvalue weighted by molar-refractivity contribution is 0.624. The summed E-state index contributed by atoms with van der Waals surface area (Å²) in [5, 5.41) is 19.0. The van der Waals surface area contributed by atoms with Crippen molar-refractivity contribution in [1.29, 1.82) is 5.26 Å². The zero-order valence-corrected chi connectivity index (χ0v) is 10.6. The lowest BCUT2D eigenvalue weighted by Crippen LogP contribution is -1.97. The molecule has 0 saturated heterocycles. The maximum atomic E-state index is 13.3. The number of benzene rings is 1. The Morgan fingerprint density at radius 1 is 1.35 bits per heavy atom. The molecule has 3 rings (SSSR count). The first-order chi connectivity index (χ1) is 9.67. The Kier molecular flexibility index (Phi) is 2.93. The van der Waals surface area contributed by atoms with Gasteiger partial charge in [-0.1, -0.05) is 0 Å². The fourth-order valence-electron chi connectivity index (χ4n) is 1.73. The van der Waals surface area contributed by atoms with Crippen LogP contribution in [0.25, 0.3) is 11.0 Å². The van der Waals surface area contributed by atoms with Gasteiger partial charge in [0.1, 0.15) is 17.7 Å². The molecule has 0 atom stereocenters. The highest BCUT2D eigenvalue weighted by Crippen LogP contribution is 2.24. The van der Waals surface area contributed by atoms with Gasteiger partial charge < -0.3 is 5.32 Å². The number of nitriles is 1. The van der Waals surface area contributed by atoms with E-state index < -0.39 is 5.82 Å². The second kappa shape index (κ2) is 4.75. The van der Waals surface area contributed by atoms with E-state index in [0.717, 1.165) is 0 Å². The van der Waals surface area contributed by atoms with Gasteiger partial charge in [-0.25, -0.2) is 4.39 Å². The molecule has 0 aliphatic carbocycles. The standard InChI is InChI=1S/C12H6ClFN6/c13-12-18-10(8-5-16-20-11(8)19-12)17-7-1-2-9(14)6(3-7)4-15/h1-3,5H,(H2,16,17,18,19,20). The van der Waals surface area contributed by atoms with E-state index in [-0.39, 0.29) is 10.8 Å². The molecule has 0 spiro atoms. The van der Waals surface area contributed by atoms with Crippen molar-refractivity contribution in [3.63, 3.8) is 0 Å². The van der Waals surface area contributed by atoms with Crippen molar-refractivity contribution >= 4 is 34.1 Å². The molecule has 3 aromatic rings. The van der Waals surface area contributed by atoms with Crippen molar-refractivity contribution in [1.82, 2.24) is 20.2 Å². The maximum Gasteiger partial charge on any atom is 0.226 e. The largest absolute Gasteiger partial charge is 0.339 e. The van der Waals surface area contributed by atoms with Crippen LogP contribution >= 0.6 is 11.6 Å². The van der Waals surface area contributed by atoms with Gasteiger partial charge in [-0.2, -0.15) is 20.3 Å². The molecule has 0 unspecified atom stereocenters. The summed E-state index contributed by atoms with van der Waals surface area (Å²) in [6.07, 6.45) is 1.54. The van der Waals surface area contributed by atoms with E-state index in [4.69, 9.17) is 16.9 Å². The highest BCUT2D eigenvalue weighted by Gasteiger charge is 2.10. The Bertz CT molecular complexity index is 838. The summed E-state index contributed by atoms with van der Waals surface area (Å²) in [6.45, 7) is 0. The minimum absolute atomic E-state index is 0.0480. The van der Waals surface area contributed by atoms with E-state index in [9.17, 15) is 4.39 Å². The van der Waals surface area contributed by atoms with Gasteiger partial charge in [0.15, 0.2) is 5.65 Å². The number of anilines is 2. The van der Waals surface area contributed by atoms with Gasteiger partial charge in [0.05, 0.1) is 17.1 Å². The Hall–Kier alpha value is -2.72. The molecule has 0 bridgehead atoms. The summed E-state index contributed by atoms with van der Waals surface area (Å²) in [5.41, 5.74) is 0.939. The molecule has 0 saturated carbocycles. The van der Waals surface area contributed by atoms with Gasteiger partial charge in [0, 0.05) is 5.69 Å². The average molecular weight is 289 g/mol. The minimum atomic E-state index is -0.577. The van der Waals surface area contributed by atoms with Crippen LogP contribution in [0.5, 0.6) is 0 Å². The summed E-state index contributed by atoms with van der Waals surface area (Å²) in [6, 6.07) is 5.86. The Labute approximate surface area is 117 Å². The van der Waals surface area contributed by atoms with E-state index >= 15 is 0 Å². The topological polar surface area (TPSA) is 90.3 Å². The predicted octanol–water partition coefficient (Wildman–Crippen LogP) is 2.76. The van der Waals surface area contributed by atoms with Crippen LogP contribution in [0.1, 0.15) is 5.56 Å². The number of aromatic amines is 1. The molecule has 0 aliphatic heterocycles. The number of hydrogen-bond acceptors (Lipinski definition) is 5. The molecule has 2 N–H and O–H groups in total. The molecule has 98 valence electrons. The molecular weight excluding hydrogens is 283 g/mol. The average Bonchev–Trinajstić information content (AvgIpc) is 2.89. The van der Waals surface area contributed by atoms with Gasteiger partial charge >= 0.3 is 0 Å². The summed E-state index contributed by atoms with van der Waals surface area (Å²) in [4.78, 5) is 8.02. The zero-order valence-electron chi connectivity index (χ0n) is 9.85. The second-order valence-corrected chi connectivity index (χ2v) is 4.24. The number of aromatic nitrogens is 4. The van der Waals surface area contributed by atoms with Crippen LogP contribution in [0, 0.1) is 17.1 Å². The number of fused-ring (bicyclic) bond motifs is 1. The lowest BCUT2D eigenvalue weighted by atomic mass is 10.2. The van der Waals surface area contributed by atoms with Crippen LogP contribution in [-0.2, 0) is 0 Å². The Morgan fingerprint density at radius 3 is 3.00 bits per heavy atom. The van der Waals surface area contributed by atoms with Crippen LogP contribution in [0.15, 0.2) is 24.4 Å². The second-order valence-electron chi connectivity index (χ2n) is 3.90. The van der Waals surface area contributed by atoms with E-state index in [0.29, 0.717) is 22.5 Å². The molecule has 0 radical (unpaired) electrons. The minimum Gasteiger partial charge on any atom is -0.339 e. The van der Waals surface area contributed by atoms with Crippen molar-refractivity contribution in [2.45, 2.75) is 0 Å². The SMILES string of the molecule is N#Cc1cc(Nc2nc(Cl)nc3[nH]ncc23)ccc1F. The third-order valence-electron chi connectivity index (χ3n) is 2.63. The molecule has 6 nitrogen and oxygen atoms in total. The first kappa shape index (κ1) is 12.3. The summed E-state index contributed by atoms with van der Waals surface area (Å²) < 4.78 is 13.3. The highest BCUT2D eigenvalue weighted by atomic mass is 35.5. The third kappa shape index (κ3) is 2.13. The van der Waals surface area contributed by atoms with Crippen LogP contribution < -0.4 is 5.32 Å². The monoisotopic (exact) mass is 288 g/mol. The summed E-state index contributed by atoms with van der Waals surface area (Å²) in [7, 11) is 0. The molecule has 0 amide bonds.